The molecular formula is C10H18BrNO2. The third kappa shape index (κ3) is 1.64. The molecule has 0 aromatic carbocycles. The van der Waals surface area contributed by atoms with E-state index in [-0.39, 0.29) is 11.0 Å². The van der Waals surface area contributed by atoms with E-state index < -0.39 is 6.09 Å². The molecule has 82 valence electrons. The summed E-state index contributed by atoms with van der Waals surface area (Å²) in [7, 11) is 0. The number of likely N-dealkylation sites (tertiary alicyclic amines) is 1. The molecule has 1 aliphatic rings. The average molecular weight is 264 g/mol. The van der Waals surface area contributed by atoms with Crippen molar-refractivity contribution < 1.29 is 9.90 Å². The van der Waals surface area contributed by atoms with Crippen LogP contribution < -0.4 is 0 Å². The van der Waals surface area contributed by atoms with E-state index in [2.05, 4.69) is 36.7 Å². The van der Waals surface area contributed by atoms with Gasteiger partial charge in [0.15, 0.2) is 0 Å². The summed E-state index contributed by atoms with van der Waals surface area (Å²) in [5.41, 5.74) is -0.260. The molecule has 14 heavy (non-hydrogen) atoms. The highest BCUT2D eigenvalue weighted by molar-refractivity contribution is 9.09. The van der Waals surface area contributed by atoms with Crippen molar-refractivity contribution in [3.8, 4) is 0 Å². The number of nitrogens with zero attached hydrogens (tertiary/aromatic N) is 1. The van der Waals surface area contributed by atoms with E-state index in [0.29, 0.717) is 6.54 Å². The number of hydrogen-bond donors (Lipinski definition) is 1. The van der Waals surface area contributed by atoms with Crippen molar-refractivity contribution in [3.63, 3.8) is 0 Å². The lowest BCUT2D eigenvalue weighted by atomic mass is 9.73. The second kappa shape index (κ2) is 3.72. The SMILES string of the molecule is CC(C)(C)[C@@]1(CBr)CCCN1C(=O)O. The first-order valence-corrected chi connectivity index (χ1v) is 6.04. The molecule has 1 heterocycles. The van der Waals surface area contributed by atoms with Gasteiger partial charge in [-0.25, -0.2) is 4.79 Å². The molecule has 0 aromatic rings. The van der Waals surface area contributed by atoms with Crippen LogP contribution in [0.25, 0.3) is 0 Å². The summed E-state index contributed by atoms with van der Waals surface area (Å²) in [6.45, 7) is 6.98. The number of amides is 1. The molecule has 0 bridgehead atoms. The summed E-state index contributed by atoms with van der Waals surface area (Å²) >= 11 is 3.47. The molecular weight excluding hydrogens is 246 g/mol. The van der Waals surface area contributed by atoms with Gasteiger partial charge in [-0.1, -0.05) is 36.7 Å². The number of carbonyl (C=O) groups is 1. The van der Waals surface area contributed by atoms with Crippen LogP contribution in [0.3, 0.4) is 0 Å². The Morgan fingerprint density at radius 2 is 2.14 bits per heavy atom. The highest BCUT2D eigenvalue weighted by Crippen LogP contribution is 2.44. The summed E-state index contributed by atoms with van der Waals surface area (Å²) in [5, 5.41) is 9.87. The summed E-state index contributed by atoms with van der Waals surface area (Å²) in [6, 6.07) is 0. The zero-order chi connectivity index (χ0) is 11.0. The maximum atomic E-state index is 11.1. The molecule has 1 rings (SSSR count). The number of carboxylic acid groups (broad SMARTS) is 1. The van der Waals surface area contributed by atoms with Crippen molar-refractivity contribution in [1.82, 2.24) is 4.90 Å². The fraction of sp³-hybridized carbons (Fsp3) is 0.900. The first-order chi connectivity index (χ1) is 6.35. The quantitative estimate of drug-likeness (QED) is 0.740. The van der Waals surface area contributed by atoms with Gasteiger partial charge in [0.05, 0.1) is 5.54 Å². The fourth-order valence-corrected chi connectivity index (χ4v) is 3.70. The monoisotopic (exact) mass is 263 g/mol. The van der Waals surface area contributed by atoms with Crippen LogP contribution in [0.5, 0.6) is 0 Å². The molecule has 1 saturated heterocycles. The Kier molecular flexibility index (Phi) is 3.14. The molecule has 1 aliphatic heterocycles. The van der Waals surface area contributed by atoms with Gasteiger partial charge in [0, 0.05) is 11.9 Å². The summed E-state index contributed by atoms with van der Waals surface area (Å²) in [5.74, 6) is 0. The average Bonchev–Trinajstić information content (AvgIpc) is 2.46. The van der Waals surface area contributed by atoms with Crippen LogP contribution in [0.4, 0.5) is 4.79 Å². The minimum atomic E-state index is -0.795. The maximum absolute atomic E-state index is 11.1. The van der Waals surface area contributed by atoms with Crippen molar-refractivity contribution in [1.29, 1.82) is 0 Å². The number of hydrogen-bond acceptors (Lipinski definition) is 1. The largest absolute Gasteiger partial charge is 0.465 e. The number of rotatable bonds is 1. The molecule has 3 nitrogen and oxygen atoms in total. The molecule has 1 fully saturated rings. The van der Waals surface area contributed by atoms with Gasteiger partial charge in [-0.15, -0.1) is 0 Å². The zero-order valence-corrected chi connectivity index (χ0v) is 10.6. The van der Waals surface area contributed by atoms with Gasteiger partial charge >= 0.3 is 6.09 Å². The van der Waals surface area contributed by atoms with Gasteiger partial charge in [-0.05, 0) is 18.3 Å². The van der Waals surface area contributed by atoms with Crippen LogP contribution in [0.2, 0.25) is 0 Å². The Balaban J connectivity index is 3.04. The standard InChI is InChI=1S/C10H18BrNO2/c1-9(2,3)10(7-11)5-4-6-12(10)8(13)14/h4-7H2,1-3H3,(H,13,14)/t10-/m0/s1. The molecule has 1 N–H and O–H groups in total. The van der Waals surface area contributed by atoms with Crippen molar-refractivity contribution in [3.05, 3.63) is 0 Å². The smallest absolute Gasteiger partial charge is 0.407 e. The normalized spacial score (nSPS) is 28.1. The van der Waals surface area contributed by atoms with E-state index in [9.17, 15) is 4.79 Å². The van der Waals surface area contributed by atoms with E-state index in [1.807, 2.05) is 0 Å². The molecule has 1 amide bonds. The highest BCUT2D eigenvalue weighted by Gasteiger charge is 2.50. The van der Waals surface area contributed by atoms with Gasteiger partial charge < -0.3 is 10.0 Å². The predicted molar refractivity (Wildman–Crippen MR) is 59.9 cm³/mol. The van der Waals surface area contributed by atoms with Crippen LogP contribution in [-0.2, 0) is 0 Å². The molecule has 0 aliphatic carbocycles. The molecule has 0 radical (unpaired) electrons. The van der Waals surface area contributed by atoms with E-state index in [0.717, 1.165) is 18.2 Å². The topological polar surface area (TPSA) is 40.5 Å². The van der Waals surface area contributed by atoms with Crippen LogP contribution in [-0.4, -0.2) is 33.5 Å². The summed E-state index contributed by atoms with van der Waals surface area (Å²) < 4.78 is 0. The first kappa shape index (κ1) is 11.8. The van der Waals surface area contributed by atoms with Crippen LogP contribution >= 0.6 is 15.9 Å². The van der Waals surface area contributed by atoms with E-state index in [4.69, 9.17) is 5.11 Å². The molecule has 0 spiro atoms. The second-order valence-corrected chi connectivity index (χ2v) is 5.51. The molecule has 0 unspecified atom stereocenters. The van der Waals surface area contributed by atoms with Gasteiger partial charge in [0.1, 0.15) is 0 Å². The van der Waals surface area contributed by atoms with Crippen LogP contribution in [0.1, 0.15) is 33.6 Å². The lowest BCUT2D eigenvalue weighted by Gasteiger charge is -2.46. The lowest BCUT2D eigenvalue weighted by molar-refractivity contribution is 0.0486. The molecule has 0 saturated carbocycles. The third-order valence-electron chi connectivity index (χ3n) is 3.34. The summed E-state index contributed by atoms with van der Waals surface area (Å²) in [6.07, 6.45) is 1.13. The van der Waals surface area contributed by atoms with Gasteiger partial charge in [-0.3, -0.25) is 0 Å². The number of alkyl halides is 1. The van der Waals surface area contributed by atoms with Crippen molar-refractivity contribution in [2.24, 2.45) is 5.41 Å². The third-order valence-corrected chi connectivity index (χ3v) is 4.26. The van der Waals surface area contributed by atoms with Crippen LogP contribution in [0, 0.1) is 5.41 Å². The minimum Gasteiger partial charge on any atom is -0.465 e. The van der Waals surface area contributed by atoms with Gasteiger partial charge in [0.2, 0.25) is 0 Å². The van der Waals surface area contributed by atoms with Gasteiger partial charge in [-0.2, -0.15) is 0 Å². The predicted octanol–water partition coefficient (Wildman–Crippen LogP) is 2.94. The Labute approximate surface area is 93.6 Å². The summed E-state index contributed by atoms with van der Waals surface area (Å²) in [4.78, 5) is 12.7. The Morgan fingerprint density at radius 3 is 2.43 bits per heavy atom. The molecule has 4 heteroatoms. The van der Waals surface area contributed by atoms with Crippen molar-refractivity contribution in [2.75, 3.05) is 11.9 Å². The minimum absolute atomic E-state index is 0.0224. The van der Waals surface area contributed by atoms with E-state index in [1.54, 1.807) is 4.90 Å². The van der Waals surface area contributed by atoms with E-state index in [1.165, 1.54) is 0 Å². The highest BCUT2D eigenvalue weighted by atomic mass is 79.9. The first-order valence-electron chi connectivity index (χ1n) is 4.92. The molecule has 1 atom stereocenters. The Bertz CT molecular complexity index is 237. The van der Waals surface area contributed by atoms with Gasteiger partial charge in [0.25, 0.3) is 0 Å². The fourth-order valence-electron chi connectivity index (χ4n) is 2.28. The Hall–Kier alpha value is -0.250. The second-order valence-electron chi connectivity index (χ2n) is 4.95. The van der Waals surface area contributed by atoms with Crippen molar-refractivity contribution in [2.45, 2.75) is 39.2 Å². The van der Waals surface area contributed by atoms with E-state index >= 15 is 0 Å². The number of halogens is 1. The molecule has 0 aromatic heterocycles. The zero-order valence-electron chi connectivity index (χ0n) is 9.01. The van der Waals surface area contributed by atoms with Crippen LogP contribution in [0.15, 0.2) is 0 Å². The van der Waals surface area contributed by atoms with Crippen molar-refractivity contribution >= 4 is 22.0 Å². The lowest BCUT2D eigenvalue weighted by Crippen LogP contribution is -2.56. The Morgan fingerprint density at radius 1 is 1.57 bits per heavy atom. The maximum Gasteiger partial charge on any atom is 0.407 e.